The van der Waals surface area contributed by atoms with Gasteiger partial charge >= 0.3 is 0 Å². The first kappa shape index (κ1) is 14.3. The summed E-state index contributed by atoms with van der Waals surface area (Å²) in [4.78, 5) is 3.63. The Balaban J connectivity index is 2.44. The number of halogens is 1. The Kier molecular flexibility index (Phi) is 3.63. The zero-order valence-electron chi connectivity index (χ0n) is 11.0. The van der Waals surface area contributed by atoms with Gasteiger partial charge in [0.25, 0.3) is 10.0 Å². The minimum atomic E-state index is -3.91. The van der Waals surface area contributed by atoms with Crippen molar-refractivity contribution < 1.29 is 12.8 Å². The Morgan fingerprint density at radius 1 is 1.30 bits per heavy atom. The van der Waals surface area contributed by atoms with E-state index in [0.29, 0.717) is 11.3 Å². The summed E-state index contributed by atoms with van der Waals surface area (Å²) in [5, 5.41) is 0. The third kappa shape index (κ3) is 2.72. The monoisotopic (exact) mass is 295 g/mol. The highest BCUT2D eigenvalue weighted by atomic mass is 32.2. The van der Waals surface area contributed by atoms with Gasteiger partial charge in [-0.25, -0.2) is 12.8 Å². The minimum Gasteiger partial charge on any atom is -0.398 e. The molecule has 0 aliphatic heterocycles. The van der Waals surface area contributed by atoms with Gasteiger partial charge < -0.3 is 5.73 Å². The number of benzene rings is 1. The molecule has 2 aromatic rings. The normalized spacial score (nSPS) is 11.3. The summed E-state index contributed by atoms with van der Waals surface area (Å²) in [6, 6.07) is 3.84. The lowest BCUT2D eigenvalue weighted by Crippen LogP contribution is -2.15. The second kappa shape index (κ2) is 5.09. The zero-order chi connectivity index (χ0) is 14.9. The van der Waals surface area contributed by atoms with E-state index < -0.39 is 15.8 Å². The SMILES string of the molecule is Cc1ccncc1NS(=O)(=O)c1cc(N)c(C)c(F)c1. The van der Waals surface area contributed by atoms with Gasteiger partial charge in [0, 0.05) is 17.4 Å². The molecular weight excluding hydrogens is 281 g/mol. The molecule has 0 aliphatic rings. The van der Waals surface area contributed by atoms with Gasteiger partial charge in [-0.2, -0.15) is 0 Å². The van der Waals surface area contributed by atoms with Crippen molar-refractivity contribution in [1.29, 1.82) is 0 Å². The Hall–Kier alpha value is -2.15. The van der Waals surface area contributed by atoms with E-state index in [9.17, 15) is 12.8 Å². The van der Waals surface area contributed by atoms with Crippen molar-refractivity contribution >= 4 is 21.4 Å². The third-order valence-corrected chi connectivity index (χ3v) is 4.30. The van der Waals surface area contributed by atoms with Crippen LogP contribution in [-0.4, -0.2) is 13.4 Å². The van der Waals surface area contributed by atoms with E-state index in [1.54, 1.807) is 19.2 Å². The first-order valence-corrected chi connectivity index (χ1v) is 7.28. The number of pyridine rings is 1. The molecule has 106 valence electrons. The van der Waals surface area contributed by atoms with Crippen molar-refractivity contribution in [2.24, 2.45) is 0 Å². The van der Waals surface area contributed by atoms with Crippen molar-refractivity contribution in [1.82, 2.24) is 4.98 Å². The fraction of sp³-hybridized carbons (Fsp3) is 0.154. The lowest BCUT2D eigenvalue weighted by atomic mass is 10.2. The van der Waals surface area contributed by atoms with Crippen LogP contribution in [0, 0.1) is 19.7 Å². The summed E-state index contributed by atoms with van der Waals surface area (Å²) in [7, 11) is -3.91. The highest BCUT2D eigenvalue weighted by Gasteiger charge is 2.18. The molecule has 0 saturated heterocycles. The zero-order valence-corrected chi connectivity index (χ0v) is 11.8. The Bertz CT molecular complexity index is 737. The number of nitrogens with zero attached hydrogens (tertiary/aromatic N) is 1. The highest BCUT2D eigenvalue weighted by molar-refractivity contribution is 7.92. The molecule has 0 aliphatic carbocycles. The first-order chi connectivity index (χ1) is 9.31. The molecule has 0 bridgehead atoms. The molecule has 7 heteroatoms. The van der Waals surface area contributed by atoms with E-state index in [1.165, 1.54) is 19.2 Å². The molecule has 0 fully saturated rings. The van der Waals surface area contributed by atoms with Crippen LogP contribution < -0.4 is 10.5 Å². The van der Waals surface area contributed by atoms with Crippen LogP contribution in [0.4, 0.5) is 15.8 Å². The second-order valence-corrected chi connectivity index (χ2v) is 6.10. The molecule has 1 aromatic heterocycles. The summed E-state index contributed by atoms with van der Waals surface area (Å²) in [5.41, 5.74) is 6.96. The summed E-state index contributed by atoms with van der Waals surface area (Å²) in [6.07, 6.45) is 2.94. The quantitative estimate of drug-likeness (QED) is 0.850. The molecule has 1 heterocycles. The van der Waals surface area contributed by atoms with Gasteiger partial charge in [-0.1, -0.05) is 0 Å². The minimum absolute atomic E-state index is 0.0910. The third-order valence-electron chi connectivity index (χ3n) is 2.95. The number of nitrogen functional groups attached to an aromatic ring is 1. The molecule has 0 atom stereocenters. The smallest absolute Gasteiger partial charge is 0.262 e. The van der Waals surface area contributed by atoms with E-state index in [1.807, 2.05) is 0 Å². The average molecular weight is 295 g/mol. The van der Waals surface area contributed by atoms with E-state index in [-0.39, 0.29) is 16.1 Å². The summed E-state index contributed by atoms with van der Waals surface area (Å²) in [5.74, 6) is -0.659. The molecule has 0 radical (unpaired) electrons. The molecular formula is C13H14FN3O2S. The number of aromatic nitrogens is 1. The van der Waals surface area contributed by atoms with E-state index >= 15 is 0 Å². The summed E-state index contributed by atoms with van der Waals surface area (Å²) in [6.45, 7) is 3.23. The fourth-order valence-corrected chi connectivity index (χ4v) is 2.77. The van der Waals surface area contributed by atoms with Crippen LogP contribution in [0.2, 0.25) is 0 Å². The first-order valence-electron chi connectivity index (χ1n) is 5.80. The number of anilines is 2. The number of sulfonamides is 1. The maximum absolute atomic E-state index is 13.6. The van der Waals surface area contributed by atoms with Gasteiger partial charge in [-0.3, -0.25) is 9.71 Å². The van der Waals surface area contributed by atoms with E-state index in [2.05, 4.69) is 9.71 Å². The van der Waals surface area contributed by atoms with Crippen LogP contribution in [0.3, 0.4) is 0 Å². The van der Waals surface area contributed by atoms with Crippen molar-refractivity contribution in [2.75, 3.05) is 10.5 Å². The van der Waals surface area contributed by atoms with Gasteiger partial charge in [0.2, 0.25) is 0 Å². The molecule has 0 unspecified atom stereocenters. The Labute approximate surface area is 116 Å². The molecule has 3 N–H and O–H groups in total. The van der Waals surface area contributed by atoms with Crippen LogP contribution in [0.25, 0.3) is 0 Å². The number of nitrogens with one attached hydrogen (secondary N) is 1. The van der Waals surface area contributed by atoms with E-state index in [0.717, 1.165) is 6.07 Å². The Morgan fingerprint density at radius 3 is 2.60 bits per heavy atom. The molecule has 2 rings (SSSR count). The number of nitrogens with two attached hydrogens (primary N) is 1. The predicted octanol–water partition coefficient (Wildman–Crippen LogP) is 2.22. The predicted molar refractivity (Wildman–Crippen MR) is 75.3 cm³/mol. The number of rotatable bonds is 3. The largest absolute Gasteiger partial charge is 0.398 e. The Morgan fingerprint density at radius 2 is 2.00 bits per heavy atom. The standard InChI is InChI=1S/C13H14FN3O2S/c1-8-3-4-16-7-13(8)17-20(18,19)10-5-11(14)9(2)12(15)6-10/h3-7,17H,15H2,1-2H3. The molecule has 1 aromatic carbocycles. The maximum atomic E-state index is 13.6. The van der Waals surface area contributed by atoms with Crippen LogP contribution in [0.1, 0.15) is 11.1 Å². The van der Waals surface area contributed by atoms with Gasteiger partial charge in [-0.15, -0.1) is 0 Å². The van der Waals surface area contributed by atoms with Gasteiger partial charge in [-0.05, 0) is 37.6 Å². The summed E-state index contributed by atoms with van der Waals surface area (Å²) < 4.78 is 40.4. The van der Waals surface area contributed by atoms with Crippen LogP contribution in [0.15, 0.2) is 35.5 Å². The lowest BCUT2D eigenvalue weighted by Gasteiger charge is -2.11. The van der Waals surface area contributed by atoms with Gasteiger partial charge in [0.15, 0.2) is 0 Å². The molecule has 5 nitrogen and oxygen atoms in total. The van der Waals surface area contributed by atoms with E-state index in [4.69, 9.17) is 5.73 Å². The molecule has 0 saturated carbocycles. The van der Waals surface area contributed by atoms with Crippen LogP contribution in [-0.2, 0) is 10.0 Å². The number of aryl methyl sites for hydroxylation is 1. The van der Waals surface area contributed by atoms with Crippen LogP contribution in [0.5, 0.6) is 0 Å². The van der Waals surface area contributed by atoms with Gasteiger partial charge in [0.1, 0.15) is 5.82 Å². The lowest BCUT2D eigenvalue weighted by molar-refractivity contribution is 0.593. The number of hydrogen-bond donors (Lipinski definition) is 2. The topological polar surface area (TPSA) is 85.1 Å². The average Bonchev–Trinajstić information content (AvgIpc) is 2.38. The van der Waals surface area contributed by atoms with Crippen molar-refractivity contribution in [3.8, 4) is 0 Å². The van der Waals surface area contributed by atoms with Crippen LogP contribution >= 0.6 is 0 Å². The molecule has 0 spiro atoms. The van der Waals surface area contributed by atoms with Crippen molar-refractivity contribution in [3.05, 3.63) is 47.5 Å². The summed E-state index contributed by atoms with van der Waals surface area (Å²) >= 11 is 0. The number of hydrogen-bond acceptors (Lipinski definition) is 4. The van der Waals surface area contributed by atoms with Crippen molar-refractivity contribution in [2.45, 2.75) is 18.7 Å². The van der Waals surface area contributed by atoms with Crippen molar-refractivity contribution in [3.63, 3.8) is 0 Å². The highest BCUT2D eigenvalue weighted by Crippen LogP contribution is 2.23. The second-order valence-electron chi connectivity index (χ2n) is 4.42. The molecule has 20 heavy (non-hydrogen) atoms. The fourth-order valence-electron chi connectivity index (χ4n) is 1.60. The maximum Gasteiger partial charge on any atom is 0.262 e. The molecule has 0 amide bonds. The van der Waals surface area contributed by atoms with Gasteiger partial charge in [0.05, 0.1) is 16.8 Å².